The van der Waals surface area contributed by atoms with Crippen LogP contribution in [-0.2, 0) is 12.6 Å². The molecule has 2 aromatic rings. The minimum Gasteiger partial charge on any atom is -0.335 e. The van der Waals surface area contributed by atoms with E-state index < -0.39 is 11.9 Å². The molecule has 0 saturated carbocycles. The molecule has 1 aliphatic rings. The molecule has 0 spiro atoms. The summed E-state index contributed by atoms with van der Waals surface area (Å²) in [6.45, 7) is 5.35. The van der Waals surface area contributed by atoms with Crippen LogP contribution in [0.25, 0.3) is 0 Å². The van der Waals surface area contributed by atoms with Crippen LogP contribution in [0.15, 0.2) is 42.7 Å². The number of alkyl halides is 3. The summed E-state index contributed by atoms with van der Waals surface area (Å²) in [5.74, 6) is -0.280. The molecule has 0 aromatic carbocycles. The first-order valence-corrected chi connectivity index (χ1v) is 9.85. The normalized spacial score (nSPS) is 16.0. The van der Waals surface area contributed by atoms with E-state index in [2.05, 4.69) is 21.8 Å². The van der Waals surface area contributed by atoms with Crippen molar-refractivity contribution in [3.63, 3.8) is 0 Å². The first-order chi connectivity index (χ1) is 13.9. The fraction of sp³-hybridized carbons (Fsp3) is 0.476. The van der Waals surface area contributed by atoms with Crippen LogP contribution in [0.2, 0.25) is 0 Å². The lowest BCUT2D eigenvalue weighted by atomic mass is 10.0. The molecule has 0 N–H and O–H groups in total. The van der Waals surface area contributed by atoms with Gasteiger partial charge in [0.15, 0.2) is 0 Å². The quantitative estimate of drug-likeness (QED) is 0.735. The predicted molar refractivity (Wildman–Crippen MR) is 103 cm³/mol. The molecule has 1 fully saturated rings. The molecule has 2 aromatic heterocycles. The largest absolute Gasteiger partial charge is 0.433 e. The highest BCUT2D eigenvalue weighted by atomic mass is 19.4. The van der Waals surface area contributed by atoms with Gasteiger partial charge in [-0.05, 0) is 43.7 Å². The molecule has 1 saturated heterocycles. The van der Waals surface area contributed by atoms with Gasteiger partial charge >= 0.3 is 6.18 Å². The number of carbonyl (C=O) groups excluding carboxylic acids is 1. The second kappa shape index (κ2) is 9.35. The van der Waals surface area contributed by atoms with E-state index in [1.54, 1.807) is 11.1 Å². The first-order valence-electron chi connectivity index (χ1n) is 9.85. The Labute approximate surface area is 168 Å². The molecule has 3 rings (SSSR count). The van der Waals surface area contributed by atoms with Gasteiger partial charge in [-0.15, -0.1) is 0 Å². The van der Waals surface area contributed by atoms with Crippen molar-refractivity contribution in [1.29, 1.82) is 0 Å². The summed E-state index contributed by atoms with van der Waals surface area (Å²) in [5.41, 5.74) is 0.0594. The molecule has 5 nitrogen and oxygen atoms in total. The number of aromatic nitrogens is 2. The van der Waals surface area contributed by atoms with Crippen LogP contribution in [0.1, 0.15) is 41.5 Å². The number of hydrogen-bond donors (Lipinski definition) is 0. The molecule has 29 heavy (non-hydrogen) atoms. The van der Waals surface area contributed by atoms with Crippen molar-refractivity contribution in [3.8, 4) is 0 Å². The van der Waals surface area contributed by atoms with Gasteiger partial charge in [0.1, 0.15) is 5.69 Å². The Hall–Kier alpha value is -2.48. The van der Waals surface area contributed by atoms with Crippen LogP contribution in [0, 0.1) is 0 Å². The fourth-order valence-electron chi connectivity index (χ4n) is 3.63. The molecule has 0 unspecified atom stereocenters. The highest BCUT2D eigenvalue weighted by molar-refractivity contribution is 5.94. The minimum atomic E-state index is -4.52. The van der Waals surface area contributed by atoms with E-state index in [0.717, 1.165) is 50.4 Å². The zero-order valence-corrected chi connectivity index (χ0v) is 16.4. The summed E-state index contributed by atoms with van der Waals surface area (Å²) in [7, 11) is 0. The van der Waals surface area contributed by atoms with E-state index in [0.29, 0.717) is 13.0 Å². The first kappa shape index (κ1) is 21.2. The third kappa shape index (κ3) is 5.53. The second-order valence-corrected chi connectivity index (χ2v) is 7.16. The number of rotatable bonds is 6. The van der Waals surface area contributed by atoms with Gasteiger partial charge in [-0.1, -0.05) is 13.0 Å². The van der Waals surface area contributed by atoms with Crippen molar-refractivity contribution < 1.29 is 18.0 Å². The van der Waals surface area contributed by atoms with Crippen LogP contribution in [-0.4, -0.2) is 57.9 Å². The standard InChI is InChI=1S/C21H25F3N4O/c1-2-27-12-9-18(10-13-27)28(14-8-17-5-3-4-11-25-17)20(29)16-6-7-19(26-15-16)21(22,23)24/h3-7,11,15,18H,2,8-10,12-14H2,1H3. The summed E-state index contributed by atoms with van der Waals surface area (Å²) in [5, 5.41) is 0. The minimum absolute atomic E-state index is 0.0521. The van der Waals surface area contributed by atoms with E-state index in [1.807, 2.05) is 18.2 Å². The van der Waals surface area contributed by atoms with Crippen molar-refractivity contribution in [2.45, 2.75) is 38.4 Å². The molecule has 156 valence electrons. The number of likely N-dealkylation sites (tertiary alicyclic amines) is 1. The summed E-state index contributed by atoms with van der Waals surface area (Å²) in [6.07, 6.45) is 0.495. The van der Waals surface area contributed by atoms with Gasteiger partial charge in [0.05, 0.1) is 5.56 Å². The molecule has 3 heterocycles. The molecule has 1 amide bonds. The Morgan fingerprint density at radius 2 is 1.93 bits per heavy atom. The number of amides is 1. The second-order valence-electron chi connectivity index (χ2n) is 7.16. The Kier molecular flexibility index (Phi) is 6.84. The average Bonchev–Trinajstić information content (AvgIpc) is 2.74. The SMILES string of the molecule is CCN1CCC(N(CCc2ccccn2)C(=O)c2ccc(C(F)(F)F)nc2)CC1. The van der Waals surface area contributed by atoms with Crippen molar-refractivity contribution in [3.05, 3.63) is 59.7 Å². The Bertz CT molecular complexity index is 788. The molecule has 1 aliphatic heterocycles. The van der Waals surface area contributed by atoms with Crippen LogP contribution >= 0.6 is 0 Å². The summed E-state index contributed by atoms with van der Waals surface area (Å²) < 4.78 is 38.3. The average molecular weight is 406 g/mol. The topological polar surface area (TPSA) is 49.3 Å². The third-order valence-corrected chi connectivity index (χ3v) is 5.34. The van der Waals surface area contributed by atoms with E-state index in [4.69, 9.17) is 0 Å². The van der Waals surface area contributed by atoms with Crippen LogP contribution in [0.3, 0.4) is 0 Å². The van der Waals surface area contributed by atoms with E-state index in [1.165, 1.54) is 6.07 Å². The Morgan fingerprint density at radius 3 is 2.48 bits per heavy atom. The summed E-state index contributed by atoms with van der Waals surface area (Å²) >= 11 is 0. The summed E-state index contributed by atoms with van der Waals surface area (Å²) in [4.78, 5) is 25.0. The molecule has 0 atom stereocenters. The number of halogens is 3. The Balaban J connectivity index is 1.76. The Morgan fingerprint density at radius 1 is 1.17 bits per heavy atom. The number of nitrogens with zero attached hydrogens (tertiary/aromatic N) is 4. The number of hydrogen-bond acceptors (Lipinski definition) is 4. The third-order valence-electron chi connectivity index (χ3n) is 5.34. The maximum Gasteiger partial charge on any atom is 0.433 e. The smallest absolute Gasteiger partial charge is 0.335 e. The van der Waals surface area contributed by atoms with Crippen molar-refractivity contribution in [2.24, 2.45) is 0 Å². The maximum absolute atomic E-state index is 13.1. The van der Waals surface area contributed by atoms with Gasteiger partial charge in [-0.3, -0.25) is 14.8 Å². The zero-order chi connectivity index (χ0) is 20.9. The number of pyridine rings is 2. The lowest BCUT2D eigenvalue weighted by molar-refractivity contribution is -0.141. The lowest BCUT2D eigenvalue weighted by Crippen LogP contribution is -2.48. The highest BCUT2D eigenvalue weighted by Crippen LogP contribution is 2.27. The van der Waals surface area contributed by atoms with E-state index in [9.17, 15) is 18.0 Å². The monoisotopic (exact) mass is 406 g/mol. The van der Waals surface area contributed by atoms with Crippen LogP contribution in [0.5, 0.6) is 0 Å². The number of piperidine rings is 1. The zero-order valence-electron chi connectivity index (χ0n) is 16.4. The molecule has 8 heteroatoms. The maximum atomic E-state index is 13.1. The van der Waals surface area contributed by atoms with E-state index in [-0.39, 0.29) is 17.5 Å². The molecule has 0 aliphatic carbocycles. The van der Waals surface area contributed by atoms with Gasteiger partial charge in [0, 0.05) is 50.2 Å². The fourth-order valence-corrected chi connectivity index (χ4v) is 3.63. The van der Waals surface area contributed by atoms with Crippen LogP contribution in [0.4, 0.5) is 13.2 Å². The highest BCUT2D eigenvalue weighted by Gasteiger charge is 2.33. The van der Waals surface area contributed by atoms with Crippen LogP contribution < -0.4 is 0 Å². The molecule has 0 radical (unpaired) electrons. The van der Waals surface area contributed by atoms with Gasteiger partial charge < -0.3 is 9.80 Å². The van der Waals surface area contributed by atoms with Gasteiger partial charge in [0.25, 0.3) is 5.91 Å². The summed E-state index contributed by atoms with van der Waals surface area (Å²) in [6, 6.07) is 7.77. The van der Waals surface area contributed by atoms with E-state index >= 15 is 0 Å². The van der Waals surface area contributed by atoms with Gasteiger partial charge in [0.2, 0.25) is 0 Å². The predicted octanol–water partition coefficient (Wildman–Crippen LogP) is 3.66. The van der Waals surface area contributed by atoms with Crippen molar-refractivity contribution in [1.82, 2.24) is 19.8 Å². The lowest BCUT2D eigenvalue weighted by Gasteiger charge is -2.38. The van der Waals surface area contributed by atoms with Crippen molar-refractivity contribution in [2.75, 3.05) is 26.2 Å². The van der Waals surface area contributed by atoms with Gasteiger partial charge in [-0.2, -0.15) is 13.2 Å². The molecular weight excluding hydrogens is 381 g/mol. The molecule has 0 bridgehead atoms. The molecular formula is C21H25F3N4O. The van der Waals surface area contributed by atoms with Gasteiger partial charge in [-0.25, -0.2) is 0 Å². The van der Waals surface area contributed by atoms with Crippen molar-refractivity contribution >= 4 is 5.91 Å². The number of carbonyl (C=O) groups is 1.